The maximum absolute atomic E-state index is 14.2. The number of piperidine rings is 1. The van der Waals surface area contributed by atoms with Crippen LogP contribution in [0.4, 0.5) is 10.5 Å². The van der Waals surface area contributed by atoms with Crippen molar-refractivity contribution in [2.45, 2.75) is 57.2 Å². The molecule has 3 saturated heterocycles. The first-order valence-corrected chi connectivity index (χ1v) is 17.9. The van der Waals surface area contributed by atoms with Crippen molar-refractivity contribution in [1.82, 2.24) is 24.5 Å². The number of nitrogens with zero attached hydrogens (tertiary/aromatic N) is 5. The van der Waals surface area contributed by atoms with E-state index in [4.69, 9.17) is 14.2 Å². The van der Waals surface area contributed by atoms with Crippen LogP contribution in [0.5, 0.6) is 17.2 Å². The number of aliphatic hydroxyl groups is 1. The van der Waals surface area contributed by atoms with E-state index < -0.39 is 12.1 Å². The second-order valence-electron chi connectivity index (χ2n) is 13.7. The molecule has 0 aromatic heterocycles. The van der Waals surface area contributed by atoms with Crippen LogP contribution >= 0.6 is 0 Å². The van der Waals surface area contributed by atoms with Crippen molar-refractivity contribution < 1.29 is 28.9 Å². The number of likely N-dealkylation sites (N-methyl/N-ethyl adjacent to an activating group) is 1. The van der Waals surface area contributed by atoms with Crippen molar-refractivity contribution in [3.8, 4) is 17.2 Å². The molecule has 2 aromatic carbocycles. The molecule has 0 spiro atoms. The van der Waals surface area contributed by atoms with Crippen molar-refractivity contribution in [3.63, 3.8) is 0 Å². The summed E-state index contributed by atoms with van der Waals surface area (Å²) in [5.41, 5.74) is 1.52. The van der Waals surface area contributed by atoms with Gasteiger partial charge in [0, 0.05) is 71.0 Å². The van der Waals surface area contributed by atoms with E-state index in [0.29, 0.717) is 36.7 Å². The number of nitrogens with one attached hydrogen (secondary N) is 1. The van der Waals surface area contributed by atoms with E-state index in [1.54, 1.807) is 32.4 Å². The highest BCUT2D eigenvalue weighted by Crippen LogP contribution is 2.31. The quantitative estimate of drug-likeness (QED) is 0.311. The highest BCUT2D eigenvalue weighted by molar-refractivity contribution is 5.92. The number of carbonyl (C=O) groups excluding carboxylic acids is 2. The lowest BCUT2D eigenvalue weighted by Gasteiger charge is -2.34. The van der Waals surface area contributed by atoms with Gasteiger partial charge >= 0.3 is 6.03 Å². The molecular formula is C37H56N6O6. The number of hydrogen-bond donors (Lipinski definition) is 2. The van der Waals surface area contributed by atoms with Crippen molar-refractivity contribution >= 4 is 17.6 Å². The van der Waals surface area contributed by atoms with Gasteiger partial charge in [0.25, 0.3) is 0 Å². The third kappa shape index (κ3) is 10.00. The molecule has 12 heteroatoms. The van der Waals surface area contributed by atoms with Crippen molar-refractivity contribution in [1.29, 1.82) is 0 Å². The summed E-state index contributed by atoms with van der Waals surface area (Å²) in [6, 6.07) is 12.2. The number of para-hydroxylation sites is 1. The molecule has 2 aromatic rings. The highest BCUT2D eigenvalue weighted by atomic mass is 16.5. The fourth-order valence-electron chi connectivity index (χ4n) is 7.20. The molecule has 0 aliphatic carbocycles. The van der Waals surface area contributed by atoms with Gasteiger partial charge in [0.1, 0.15) is 30.0 Å². The summed E-state index contributed by atoms with van der Waals surface area (Å²) in [4.78, 5) is 39.0. The minimum absolute atomic E-state index is 0.0847. The summed E-state index contributed by atoms with van der Waals surface area (Å²) in [6.07, 6.45) is 3.62. The van der Waals surface area contributed by atoms with Crippen LogP contribution in [0, 0.1) is 6.92 Å². The Morgan fingerprint density at radius 2 is 1.73 bits per heavy atom. The maximum Gasteiger partial charge on any atom is 0.322 e. The van der Waals surface area contributed by atoms with E-state index in [1.165, 1.54) is 0 Å². The molecule has 12 nitrogen and oxygen atoms in total. The van der Waals surface area contributed by atoms with Crippen LogP contribution in [-0.4, -0.2) is 153 Å². The Morgan fingerprint density at radius 1 is 0.980 bits per heavy atom. The Kier molecular flexibility index (Phi) is 13.4. The van der Waals surface area contributed by atoms with Crippen molar-refractivity contribution in [2.75, 3.05) is 98.6 Å². The van der Waals surface area contributed by atoms with Gasteiger partial charge in [-0.25, -0.2) is 4.79 Å². The molecule has 0 radical (unpaired) electrons. The van der Waals surface area contributed by atoms with Crippen LogP contribution in [-0.2, 0) is 4.79 Å². The lowest BCUT2D eigenvalue weighted by Crippen LogP contribution is -2.49. The Hall–Kier alpha value is -3.58. The fraction of sp³-hybridized carbons (Fsp3) is 0.622. The van der Waals surface area contributed by atoms with E-state index in [0.717, 1.165) is 82.8 Å². The minimum atomic E-state index is -0.810. The maximum atomic E-state index is 14.2. The zero-order chi connectivity index (χ0) is 34.8. The number of ether oxygens (including phenoxy) is 3. The van der Waals surface area contributed by atoms with Crippen molar-refractivity contribution in [2.24, 2.45) is 0 Å². The Balaban J connectivity index is 1.34. The number of urea groups is 1. The summed E-state index contributed by atoms with van der Waals surface area (Å²) in [5, 5.41) is 14.3. The second-order valence-corrected chi connectivity index (χ2v) is 13.7. The third-order valence-corrected chi connectivity index (χ3v) is 10.1. The number of β-amino-alcohol motifs (C(OH)–C–C–N with tert-alkyl or cyclic N) is 1. The largest absolute Gasteiger partial charge is 0.497 e. The van der Waals surface area contributed by atoms with Gasteiger partial charge in [0.05, 0.1) is 25.9 Å². The number of benzene rings is 2. The van der Waals surface area contributed by atoms with E-state index in [2.05, 4.69) is 27.1 Å². The molecule has 270 valence electrons. The van der Waals surface area contributed by atoms with Crippen LogP contribution in [0.3, 0.4) is 0 Å². The number of anilines is 1. The molecule has 3 atom stereocenters. The van der Waals surface area contributed by atoms with E-state index >= 15 is 0 Å². The average molecular weight is 681 g/mol. The van der Waals surface area contributed by atoms with Crippen molar-refractivity contribution in [3.05, 3.63) is 48.0 Å². The van der Waals surface area contributed by atoms with Gasteiger partial charge in [-0.1, -0.05) is 18.2 Å². The fourth-order valence-corrected chi connectivity index (χ4v) is 7.20. The topological polar surface area (TPSA) is 110 Å². The molecule has 5 rings (SSSR count). The normalized spacial score (nSPS) is 21.3. The van der Waals surface area contributed by atoms with Crippen LogP contribution in [0.25, 0.3) is 0 Å². The number of aryl methyl sites for hydroxylation is 1. The van der Waals surface area contributed by atoms with E-state index in [-0.39, 0.29) is 31.1 Å². The van der Waals surface area contributed by atoms with E-state index in [9.17, 15) is 14.7 Å². The second kappa shape index (κ2) is 17.9. The smallest absolute Gasteiger partial charge is 0.322 e. The number of likely N-dealkylation sites (tertiary alicyclic amines) is 2. The number of rotatable bonds is 14. The standard InChI is InChI=1S/C37H56N6O6/c1-28-11-6-7-12-34(28)49-27-30(44)26-42-25-29(23-33(42)36(45)41-16-8-5-9-17-41)43(18-10-15-40-21-19-39(2)20-22-40)37(46)38-32-24-31(47-3)13-14-35(32)48-4/h6-7,11-14,24,29-30,33,44H,5,8-10,15-23,25-27H2,1-4H3,(H,38,46). The summed E-state index contributed by atoms with van der Waals surface area (Å²) in [5.74, 6) is 1.97. The van der Waals surface area contributed by atoms with Crippen LogP contribution in [0.15, 0.2) is 42.5 Å². The van der Waals surface area contributed by atoms with Gasteiger partial charge in [-0.15, -0.1) is 0 Å². The van der Waals surface area contributed by atoms with Crippen LogP contribution < -0.4 is 19.5 Å². The molecule has 3 unspecified atom stereocenters. The number of piperazine rings is 1. The van der Waals surface area contributed by atoms with E-state index in [1.807, 2.05) is 41.0 Å². The number of aliphatic hydroxyl groups excluding tert-OH is 1. The summed E-state index contributed by atoms with van der Waals surface area (Å²) in [6.45, 7) is 9.85. The predicted molar refractivity (Wildman–Crippen MR) is 191 cm³/mol. The molecule has 0 bridgehead atoms. The van der Waals surface area contributed by atoms with Crippen LogP contribution in [0.1, 0.15) is 37.7 Å². The Labute approximate surface area is 291 Å². The van der Waals surface area contributed by atoms with Gasteiger partial charge in [-0.2, -0.15) is 0 Å². The summed E-state index contributed by atoms with van der Waals surface area (Å²) < 4.78 is 17.0. The van der Waals surface area contributed by atoms with Gasteiger partial charge in [0.15, 0.2) is 0 Å². The molecule has 3 aliphatic heterocycles. The monoisotopic (exact) mass is 680 g/mol. The lowest BCUT2D eigenvalue weighted by molar-refractivity contribution is -0.137. The van der Waals surface area contributed by atoms with Gasteiger partial charge in [0.2, 0.25) is 5.91 Å². The highest BCUT2D eigenvalue weighted by Gasteiger charge is 2.43. The SMILES string of the molecule is COc1ccc(OC)c(NC(=O)N(CCCN2CCN(C)CC2)C2CC(C(=O)N3CCCCC3)N(CC(O)COc3ccccc3C)C2)c1. The molecule has 3 fully saturated rings. The lowest BCUT2D eigenvalue weighted by atomic mass is 10.1. The van der Waals surface area contributed by atoms with Gasteiger partial charge in [-0.3, -0.25) is 9.69 Å². The first-order valence-electron chi connectivity index (χ1n) is 17.9. The molecule has 49 heavy (non-hydrogen) atoms. The molecule has 3 heterocycles. The minimum Gasteiger partial charge on any atom is -0.497 e. The Bertz CT molecular complexity index is 1360. The first kappa shape index (κ1) is 36.7. The molecule has 3 amide bonds. The molecule has 0 saturated carbocycles. The summed E-state index contributed by atoms with van der Waals surface area (Å²) >= 11 is 0. The third-order valence-electron chi connectivity index (χ3n) is 10.1. The predicted octanol–water partition coefficient (Wildman–Crippen LogP) is 3.38. The first-order chi connectivity index (χ1) is 23.7. The van der Waals surface area contributed by atoms with Gasteiger partial charge < -0.3 is 44.2 Å². The van der Waals surface area contributed by atoms with Crippen LogP contribution in [0.2, 0.25) is 0 Å². The zero-order valence-electron chi connectivity index (χ0n) is 29.8. The zero-order valence-corrected chi connectivity index (χ0v) is 29.8. The molecule has 2 N–H and O–H groups in total. The molecular weight excluding hydrogens is 624 g/mol. The Morgan fingerprint density at radius 3 is 2.45 bits per heavy atom. The number of carbonyl (C=O) groups is 2. The number of methoxy groups -OCH3 is 2. The summed E-state index contributed by atoms with van der Waals surface area (Å²) in [7, 11) is 5.31. The number of amides is 3. The van der Waals surface area contributed by atoms with Gasteiger partial charge in [-0.05, 0) is 76.4 Å². The number of hydrogen-bond acceptors (Lipinski definition) is 9. The average Bonchev–Trinajstić information content (AvgIpc) is 3.53. The molecule has 3 aliphatic rings.